The lowest BCUT2D eigenvalue weighted by molar-refractivity contribution is -0.302. The van der Waals surface area contributed by atoms with E-state index < -0.39 is 24.2 Å². The van der Waals surface area contributed by atoms with Crippen molar-refractivity contribution >= 4 is 11.6 Å². The molecule has 2 heterocycles. The molecule has 24 heavy (non-hydrogen) atoms. The Morgan fingerprint density at radius 3 is 2.79 bits per heavy atom. The second kappa shape index (κ2) is 5.86. The summed E-state index contributed by atoms with van der Waals surface area (Å²) < 4.78 is 44.6. The van der Waals surface area contributed by atoms with Gasteiger partial charge in [-0.15, -0.1) is 0 Å². The van der Waals surface area contributed by atoms with Gasteiger partial charge in [-0.3, -0.25) is 4.79 Å². The lowest BCUT2D eigenvalue weighted by Gasteiger charge is -2.32. The van der Waals surface area contributed by atoms with Gasteiger partial charge < -0.3 is 9.84 Å². The Morgan fingerprint density at radius 1 is 1.38 bits per heavy atom. The van der Waals surface area contributed by atoms with Gasteiger partial charge in [0, 0.05) is 18.6 Å². The van der Waals surface area contributed by atoms with Gasteiger partial charge in [-0.2, -0.15) is 23.3 Å². The number of carbonyl (C=O) groups is 1. The summed E-state index contributed by atoms with van der Waals surface area (Å²) in [5.74, 6) is -0.858. The van der Waals surface area contributed by atoms with Crippen LogP contribution >= 0.6 is 0 Å². The van der Waals surface area contributed by atoms with Gasteiger partial charge in [0.2, 0.25) is 5.91 Å². The first-order chi connectivity index (χ1) is 11.2. The molecule has 0 bridgehead atoms. The van der Waals surface area contributed by atoms with Gasteiger partial charge in [0.25, 0.3) is 5.72 Å². The summed E-state index contributed by atoms with van der Waals surface area (Å²) in [6.07, 6.45) is -5.59. The first-order valence-corrected chi connectivity index (χ1v) is 7.55. The fourth-order valence-corrected chi connectivity index (χ4v) is 2.94. The zero-order valence-electron chi connectivity index (χ0n) is 13.1. The number of ether oxygens (including phenoxy) is 1. The number of aliphatic hydroxyl groups is 1. The highest BCUT2D eigenvalue weighted by molar-refractivity contribution is 5.89. The molecule has 3 rings (SSSR count). The van der Waals surface area contributed by atoms with E-state index in [-0.39, 0.29) is 23.6 Å². The van der Waals surface area contributed by atoms with Gasteiger partial charge in [0.1, 0.15) is 0 Å². The number of halogens is 3. The van der Waals surface area contributed by atoms with Crippen LogP contribution in [0.5, 0.6) is 0 Å². The molecule has 2 aliphatic heterocycles. The molecule has 0 aromatic heterocycles. The fourth-order valence-electron chi connectivity index (χ4n) is 2.94. The molecule has 130 valence electrons. The zero-order valence-corrected chi connectivity index (χ0v) is 13.1. The molecule has 0 aliphatic carbocycles. The summed E-state index contributed by atoms with van der Waals surface area (Å²) in [7, 11) is 0. The number of alkyl halides is 3. The fraction of sp³-hybridized carbons (Fsp3) is 0.500. The van der Waals surface area contributed by atoms with Crippen LogP contribution in [0.1, 0.15) is 36.5 Å². The number of hydrazone groups is 1. The summed E-state index contributed by atoms with van der Waals surface area (Å²) in [6, 6.07) is 5.62. The molecule has 0 radical (unpaired) electrons. The van der Waals surface area contributed by atoms with Gasteiger partial charge in [0.05, 0.1) is 13.2 Å². The Kier molecular flexibility index (Phi) is 4.13. The van der Waals surface area contributed by atoms with E-state index in [2.05, 4.69) is 5.10 Å². The summed E-state index contributed by atoms with van der Waals surface area (Å²) in [5.41, 5.74) is -0.237. The molecular weight excluding hydrogens is 325 g/mol. The maximum absolute atomic E-state index is 13.1. The molecular formula is C16H17F3N2O3. The van der Waals surface area contributed by atoms with E-state index >= 15 is 0 Å². The average Bonchev–Trinajstić information content (AvgIpc) is 3.08. The van der Waals surface area contributed by atoms with Crippen molar-refractivity contribution in [3.63, 3.8) is 0 Å². The maximum atomic E-state index is 13.1. The molecule has 1 N–H and O–H groups in total. The van der Waals surface area contributed by atoms with Crippen molar-refractivity contribution in [2.75, 3.05) is 0 Å². The summed E-state index contributed by atoms with van der Waals surface area (Å²) in [5, 5.41) is 13.7. The van der Waals surface area contributed by atoms with Gasteiger partial charge in [-0.1, -0.05) is 18.2 Å². The van der Waals surface area contributed by atoms with Crippen LogP contribution in [-0.4, -0.2) is 33.6 Å². The minimum atomic E-state index is -4.96. The van der Waals surface area contributed by atoms with E-state index in [4.69, 9.17) is 4.74 Å². The average molecular weight is 342 g/mol. The standard InChI is InChI=1S/C16H17F3N2O3/c1-10-7-15(23,16(17,18)19)21(20-10)14(22)5-3-11-2-4-12-8-24-9-13(12)6-11/h2,4,6,23H,3,5,7-9H2,1H3/t15-/m1/s1. The van der Waals surface area contributed by atoms with Crippen LogP contribution in [0, 0.1) is 0 Å². The molecule has 0 unspecified atom stereocenters. The second-order valence-corrected chi connectivity index (χ2v) is 6.13. The molecule has 1 amide bonds. The first kappa shape index (κ1) is 16.9. The Balaban J connectivity index is 1.70. The van der Waals surface area contributed by atoms with Gasteiger partial charge in [-0.05, 0) is 30.0 Å². The number of fused-ring (bicyclic) bond motifs is 1. The number of hydrogen-bond donors (Lipinski definition) is 1. The third kappa shape index (κ3) is 2.91. The molecule has 0 fully saturated rings. The minimum Gasteiger partial charge on any atom is -0.372 e. The Morgan fingerprint density at radius 2 is 2.08 bits per heavy atom. The quantitative estimate of drug-likeness (QED) is 0.918. The predicted octanol–water partition coefficient (Wildman–Crippen LogP) is 2.51. The van der Waals surface area contributed by atoms with E-state index in [1.807, 2.05) is 18.2 Å². The molecule has 0 saturated heterocycles. The van der Waals surface area contributed by atoms with E-state index in [0.717, 1.165) is 16.7 Å². The van der Waals surface area contributed by atoms with E-state index in [9.17, 15) is 23.1 Å². The predicted molar refractivity (Wildman–Crippen MR) is 78.8 cm³/mol. The van der Waals surface area contributed by atoms with Crippen LogP contribution in [0.25, 0.3) is 0 Å². The topological polar surface area (TPSA) is 62.1 Å². The summed E-state index contributed by atoms with van der Waals surface area (Å²) in [6.45, 7) is 2.40. The third-order valence-electron chi connectivity index (χ3n) is 4.23. The Labute approximate surface area is 136 Å². The van der Waals surface area contributed by atoms with Crippen molar-refractivity contribution < 1.29 is 27.8 Å². The Hall–Kier alpha value is -1.93. The number of rotatable bonds is 3. The van der Waals surface area contributed by atoms with Crippen molar-refractivity contribution in [3.05, 3.63) is 34.9 Å². The van der Waals surface area contributed by atoms with Crippen LogP contribution in [-0.2, 0) is 29.2 Å². The number of amides is 1. The number of carbonyl (C=O) groups excluding carboxylic acids is 1. The molecule has 0 saturated carbocycles. The van der Waals surface area contributed by atoms with Crippen molar-refractivity contribution in [2.24, 2.45) is 5.10 Å². The van der Waals surface area contributed by atoms with E-state index in [1.165, 1.54) is 6.92 Å². The highest BCUT2D eigenvalue weighted by Crippen LogP contribution is 2.40. The van der Waals surface area contributed by atoms with Crippen molar-refractivity contribution in [3.8, 4) is 0 Å². The van der Waals surface area contributed by atoms with Gasteiger partial charge in [-0.25, -0.2) is 0 Å². The van der Waals surface area contributed by atoms with Crippen molar-refractivity contribution in [1.29, 1.82) is 0 Å². The van der Waals surface area contributed by atoms with Crippen LogP contribution in [0.2, 0.25) is 0 Å². The van der Waals surface area contributed by atoms with E-state index in [1.54, 1.807) is 0 Å². The zero-order chi connectivity index (χ0) is 17.5. The number of nitrogens with zero attached hydrogens (tertiary/aromatic N) is 2. The normalized spacial score (nSPS) is 23.4. The van der Waals surface area contributed by atoms with Crippen LogP contribution < -0.4 is 0 Å². The lowest BCUT2D eigenvalue weighted by atomic mass is 10.0. The van der Waals surface area contributed by atoms with Crippen LogP contribution in [0.15, 0.2) is 23.3 Å². The number of hydrogen-bond acceptors (Lipinski definition) is 4. The molecule has 1 aromatic rings. The molecule has 0 spiro atoms. The van der Waals surface area contributed by atoms with Crippen molar-refractivity contribution in [2.45, 2.75) is 51.3 Å². The Bertz CT molecular complexity index is 702. The number of aryl methyl sites for hydroxylation is 1. The minimum absolute atomic E-state index is 0.0675. The highest BCUT2D eigenvalue weighted by Gasteiger charge is 2.62. The highest BCUT2D eigenvalue weighted by atomic mass is 19.4. The largest absolute Gasteiger partial charge is 0.438 e. The molecule has 1 atom stereocenters. The second-order valence-electron chi connectivity index (χ2n) is 6.13. The molecule has 8 heteroatoms. The van der Waals surface area contributed by atoms with Crippen LogP contribution in [0.3, 0.4) is 0 Å². The van der Waals surface area contributed by atoms with Crippen LogP contribution in [0.4, 0.5) is 13.2 Å². The smallest absolute Gasteiger partial charge is 0.372 e. The first-order valence-electron chi connectivity index (χ1n) is 7.55. The molecule has 1 aromatic carbocycles. The molecule has 5 nitrogen and oxygen atoms in total. The van der Waals surface area contributed by atoms with E-state index in [0.29, 0.717) is 13.2 Å². The SMILES string of the molecule is CC1=NN(C(=O)CCc2ccc3c(c2)COC3)[C@](O)(C(F)(F)F)C1. The third-order valence-corrected chi connectivity index (χ3v) is 4.23. The summed E-state index contributed by atoms with van der Waals surface area (Å²) in [4.78, 5) is 12.2. The summed E-state index contributed by atoms with van der Waals surface area (Å²) >= 11 is 0. The van der Waals surface area contributed by atoms with Crippen molar-refractivity contribution in [1.82, 2.24) is 5.01 Å². The molecule has 2 aliphatic rings. The lowest BCUT2D eigenvalue weighted by Crippen LogP contribution is -2.56. The monoisotopic (exact) mass is 342 g/mol. The van der Waals surface area contributed by atoms with Gasteiger partial charge >= 0.3 is 6.18 Å². The maximum Gasteiger partial charge on any atom is 0.438 e. The number of benzene rings is 1. The van der Waals surface area contributed by atoms with Gasteiger partial charge in [0.15, 0.2) is 0 Å².